The van der Waals surface area contributed by atoms with E-state index < -0.39 is 0 Å². The minimum atomic E-state index is -0.0111. The summed E-state index contributed by atoms with van der Waals surface area (Å²) in [4.78, 5) is 14.8. The van der Waals surface area contributed by atoms with E-state index in [1.807, 2.05) is 36.4 Å². The number of likely N-dealkylation sites (tertiary alicyclic amines) is 1. The number of benzene rings is 2. The number of ether oxygens (including phenoxy) is 1. The maximum atomic E-state index is 12.3. The standard InChI is InChI=1S/C22H28N2O2/c1-26-21-11-7-18(8-12-21)13-14-23-22(25)20-9-5-19(6-10-20)17-24-15-3-2-4-16-24/h5-12H,2-4,13-17H2,1H3,(H,23,25). The average Bonchev–Trinajstić information content (AvgIpc) is 2.70. The van der Waals surface area contributed by atoms with E-state index in [9.17, 15) is 4.79 Å². The van der Waals surface area contributed by atoms with Crippen LogP contribution in [0.5, 0.6) is 5.75 Å². The highest BCUT2D eigenvalue weighted by molar-refractivity contribution is 5.94. The largest absolute Gasteiger partial charge is 0.497 e. The highest BCUT2D eigenvalue weighted by Gasteiger charge is 2.11. The van der Waals surface area contributed by atoms with E-state index >= 15 is 0 Å². The Labute approximate surface area is 156 Å². The lowest BCUT2D eigenvalue weighted by Gasteiger charge is -2.26. The van der Waals surface area contributed by atoms with Crippen LogP contribution >= 0.6 is 0 Å². The number of hydrogen-bond donors (Lipinski definition) is 1. The highest BCUT2D eigenvalue weighted by atomic mass is 16.5. The summed E-state index contributed by atoms with van der Waals surface area (Å²) in [5, 5.41) is 3.00. The third kappa shape index (κ3) is 5.33. The first-order valence-corrected chi connectivity index (χ1v) is 9.47. The Kier molecular flexibility index (Phi) is 6.67. The van der Waals surface area contributed by atoms with Gasteiger partial charge >= 0.3 is 0 Å². The Bertz CT molecular complexity index is 689. The number of piperidine rings is 1. The van der Waals surface area contributed by atoms with Crippen molar-refractivity contribution in [2.75, 3.05) is 26.7 Å². The van der Waals surface area contributed by atoms with Crippen LogP contribution in [-0.4, -0.2) is 37.6 Å². The molecule has 0 spiro atoms. The van der Waals surface area contributed by atoms with E-state index in [0.29, 0.717) is 6.54 Å². The van der Waals surface area contributed by atoms with E-state index in [0.717, 1.165) is 24.3 Å². The van der Waals surface area contributed by atoms with Crippen LogP contribution in [0.25, 0.3) is 0 Å². The summed E-state index contributed by atoms with van der Waals surface area (Å²) in [5.74, 6) is 0.838. The van der Waals surface area contributed by atoms with Crippen LogP contribution in [0.4, 0.5) is 0 Å². The van der Waals surface area contributed by atoms with Crippen molar-refractivity contribution in [1.29, 1.82) is 0 Å². The first kappa shape index (κ1) is 18.5. The summed E-state index contributed by atoms with van der Waals surface area (Å²) in [6, 6.07) is 16.0. The molecule has 1 N–H and O–H groups in total. The first-order valence-electron chi connectivity index (χ1n) is 9.47. The van der Waals surface area contributed by atoms with Crippen molar-refractivity contribution in [2.45, 2.75) is 32.2 Å². The third-order valence-corrected chi connectivity index (χ3v) is 4.93. The first-order chi connectivity index (χ1) is 12.7. The molecule has 4 nitrogen and oxygen atoms in total. The van der Waals surface area contributed by atoms with Crippen LogP contribution in [0.2, 0.25) is 0 Å². The number of nitrogens with one attached hydrogen (secondary N) is 1. The Balaban J connectivity index is 1.45. The van der Waals surface area contributed by atoms with E-state index in [1.54, 1.807) is 7.11 Å². The van der Waals surface area contributed by atoms with Gasteiger partial charge in [0.05, 0.1) is 7.11 Å². The van der Waals surface area contributed by atoms with E-state index in [-0.39, 0.29) is 5.91 Å². The fourth-order valence-corrected chi connectivity index (χ4v) is 3.35. The Morgan fingerprint density at radius 2 is 1.62 bits per heavy atom. The topological polar surface area (TPSA) is 41.6 Å². The molecular formula is C22H28N2O2. The SMILES string of the molecule is COc1ccc(CCNC(=O)c2ccc(CN3CCCCC3)cc2)cc1. The number of methoxy groups -OCH3 is 1. The van der Waals surface area contributed by atoms with Gasteiger partial charge in [-0.25, -0.2) is 0 Å². The molecule has 0 unspecified atom stereocenters. The molecule has 1 heterocycles. The van der Waals surface area contributed by atoms with Crippen molar-refractivity contribution >= 4 is 5.91 Å². The molecule has 3 rings (SSSR count). The van der Waals surface area contributed by atoms with E-state index in [4.69, 9.17) is 4.74 Å². The predicted molar refractivity (Wildman–Crippen MR) is 105 cm³/mol. The molecule has 4 heteroatoms. The molecule has 1 saturated heterocycles. The van der Waals surface area contributed by atoms with Crippen molar-refractivity contribution < 1.29 is 9.53 Å². The summed E-state index contributed by atoms with van der Waals surface area (Å²) in [6.07, 6.45) is 4.76. The molecule has 1 amide bonds. The zero-order chi connectivity index (χ0) is 18.2. The lowest BCUT2D eigenvalue weighted by molar-refractivity contribution is 0.0954. The van der Waals surface area contributed by atoms with Gasteiger partial charge in [-0.2, -0.15) is 0 Å². The second-order valence-corrected chi connectivity index (χ2v) is 6.89. The molecule has 2 aromatic rings. The molecule has 26 heavy (non-hydrogen) atoms. The second kappa shape index (κ2) is 9.39. The molecule has 0 atom stereocenters. The number of amides is 1. The van der Waals surface area contributed by atoms with Crippen LogP contribution in [0.15, 0.2) is 48.5 Å². The summed E-state index contributed by atoms with van der Waals surface area (Å²) < 4.78 is 5.15. The number of carbonyl (C=O) groups is 1. The summed E-state index contributed by atoms with van der Waals surface area (Å²) in [6.45, 7) is 3.99. The van der Waals surface area contributed by atoms with Crippen molar-refractivity contribution in [3.63, 3.8) is 0 Å². The van der Waals surface area contributed by atoms with Gasteiger partial charge in [-0.05, 0) is 67.7 Å². The van der Waals surface area contributed by atoms with Crippen molar-refractivity contribution in [2.24, 2.45) is 0 Å². The van der Waals surface area contributed by atoms with Crippen LogP contribution in [-0.2, 0) is 13.0 Å². The van der Waals surface area contributed by atoms with Crippen LogP contribution in [0, 0.1) is 0 Å². The van der Waals surface area contributed by atoms with Crippen molar-refractivity contribution in [3.05, 3.63) is 65.2 Å². The summed E-state index contributed by atoms with van der Waals surface area (Å²) in [7, 11) is 1.66. The molecule has 0 aromatic heterocycles. The van der Waals surface area contributed by atoms with Gasteiger partial charge in [0.15, 0.2) is 0 Å². The second-order valence-electron chi connectivity index (χ2n) is 6.89. The van der Waals surface area contributed by atoms with Crippen molar-refractivity contribution in [1.82, 2.24) is 10.2 Å². The molecule has 1 fully saturated rings. The normalized spacial score (nSPS) is 14.8. The summed E-state index contributed by atoms with van der Waals surface area (Å²) >= 11 is 0. The van der Waals surface area contributed by atoms with Gasteiger partial charge in [0.25, 0.3) is 5.91 Å². The summed E-state index contributed by atoms with van der Waals surface area (Å²) in [5.41, 5.74) is 3.19. The van der Waals surface area contributed by atoms with Gasteiger partial charge < -0.3 is 10.1 Å². The quantitative estimate of drug-likeness (QED) is 0.827. The molecule has 1 aliphatic heterocycles. The Morgan fingerprint density at radius 1 is 0.962 bits per heavy atom. The molecule has 0 saturated carbocycles. The van der Waals surface area contributed by atoms with Gasteiger partial charge in [0.1, 0.15) is 5.75 Å². The minimum Gasteiger partial charge on any atom is -0.497 e. The zero-order valence-corrected chi connectivity index (χ0v) is 15.5. The molecule has 0 aliphatic carbocycles. The monoisotopic (exact) mass is 352 g/mol. The molecular weight excluding hydrogens is 324 g/mol. The minimum absolute atomic E-state index is 0.0111. The molecule has 1 aliphatic rings. The lowest BCUT2D eigenvalue weighted by atomic mass is 10.1. The fourth-order valence-electron chi connectivity index (χ4n) is 3.35. The van der Waals surface area contributed by atoms with Crippen molar-refractivity contribution in [3.8, 4) is 5.75 Å². The van der Waals surface area contributed by atoms with Gasteiger partial charge in [0.2, 0.25) is 0 Å². The molecule has 138 valence electrons. The number of carbonyl (C=O) groups excluding carboxylic acids is 1. The van der Waals surface area contributed by atoms with Gasteiger partial charge in [-0.3, -0.25) is 9.69 Å². The average molecular weight is 352 g/mol. The number of nitrogens with zero attached hydrogens (tertiary/aromatic N) is 1. The maximum absolute atomic E-state index is 12.3. The van der Waals surface area contributed by atoms with Gasteiger partial charge in [-0.1, -0.05) is 30.7 Å². The van der Waals surface area contributed by atoms with Crippen LogP contribution < -0.4 is 10.1 Å². The maximum Gasteiger partial charge on any atom is 0.251 e. The lowest BCUT2D eigenvalue weighted by Crippen LogP contribution is -2.29. The Hall–Kier alpha value is -2.33. The third-order valence-electron chi connectivity index (χ3n) is 4.93. The molecule has 0 bridgehead atoms. The van der Waals surface area contributed by atoms with Crippen LogP contribution in [0.3, 0.4) is 0 Å². The Morgan fingerprint density at radius 3 is 2.27 bits per heavy atom. The van der Waals surface area contributed by atoms with E-state index in [2.05, 4.69) is 22.3 Å². The number of rotatable bonds is 7. The van der Waals surface area contributed by atoms with Gasteiger partial charge in [0, 0.05) is 18.7 Å². The number of hydrogen-bond acceptors (Lipinski definition) is 3. The fraction of sp³-hybridized carbons (Fsp3) is 0.409. The highest BCUT2D eigenvalue weighted by Crippen LogP contribution is 2.14. The molecule has 0 radical (unpaired) electrons. The van der Waals surface area contributed by atoms with Gasteiger partial charge in [-0.15, -0.1) is 0 Å². The molecule has 2 aromatic carbocycles. The van der Waals surface area contributed by atoms with Crippen LogP contribution in [0.1, 0.15) is 40.7 Å². The smallest absolute Gasteiger partial charge is 0.251 e. The van der Waals surface area contributed by atoms with E-state index in [1.165, 1.54) is 43.5 Å². The predicted octanol–water partition coefficient (Wildman–Crippen LogP) is 3.65. The zero-order valence-electron chi connectivity index (χ0n) is 15.5.